The highest BCUT2D eigenvalue weighted by Gasteiger charge is 2.15. The van der Waals surface area contributed by atoms with Gasteiger partial charge in [0, 0.05) is 11.6 Å². The summed E-state index contributed by atoms with van der Waals surface area (Å²) >= 11 is 0. The first-order valence-corrected chi connectivity index (χ1v) is 5.42. The number of rotatable bonds is 5. The van der Waals surface area contributed by atoms with E-state index in [4.69, 9.17) is 4.74 Å². The third-order valence-electron chi connectivity index (χ3n) is 2.30. The maximum absolute atomic E-state index is 11.4. The standard InChI is InChI=1S/C12H23NO2/c1-7-15-12(14)10(4)8-11(9(2)3)13(5)6/h8-9,11H,7H2,1-6H3/b10-8+. The van der Waals surface area contributed by atoms with Crippen LogP contribution in [-0.4, -0.2) is 37.6 Å². The summed E-state index contributed by atoms with van der Waals surface area (Å²) in [5.41, 5.74) is 0.684. The summed E-state index contributed by atoms with van der Waals surface area (Å²) in [4.78, 5) is 13.5. The van der Waals surface area contributed by atoms with Gasteiger partial charge in [-0.3, -0.25) is 0 Å². The maximum atomic E-state index is 11.4. The Kier molecular flexibility index (Phi) is 6.25. The van der Waals surface area contributed by atoms with E-state index in [1.165, 1.54) is 0 Å². The molecule has 0 saturated heterocycles. The Balaban J connectivity index is 4.60. The molecule has 0 spiro atoms. The zero-order valence-electron chi connectivity index (χ0n) is 10.7. The Morgan fingerprint density at radius 2 is 1.93 bits per heavy atom. The predicted molar refractivity (Wildman–Crippen MR) is 62.7 cm³/mol. The molecule has 3 nitrogen and oxygen atoms in total. The topological polar surface area (TPSA) is 29.5 Å². The molecule has 0 fully saturated rings. The lowest BCUT2D eigenvalue weighted by Crippen LogP contribution is -2.31. The summed E-state index contributed by atoms with van der Waals surface area (Å²) in [5.74, 6) is 0.259. The van der Waals surface area contributed by atoms with Gasteiger partial charge in [0.05, 0.1) is 6.61 Å². The molecule has 0 aromatic rings. The highest BCUT2D eigenvalue weighted by atomic mass is 16.5. The van der Waals surface area contributed by atoms with Crippen molar-refractivity contribution in [2.45, 2.75) is 33.7 Å². The van der Waals surface area contributed by atoms with E-state index in [9.17, 15) is 4.79 Å². The summed E-state index contributed by atoms with van der Waals surface area (Å²) in [6, 6.07) is 0.273. The molecule has 0 amide bonds. The smallest absolute Gasteiger partial charge is 0.333 e. The minimum absolute atomic E-state index is 0.218. The Labute approximate surface area is 93.1 Å². The molecule has 1 unspecified atom stereocenters. The molecule has 0 aromatic heterocycles. The number of hydrogen-bond acceptors (Lipinski definition) is 3. The molecule has 0 heterocycles. The Morgan fingerprint density at radius 1 is 1.40 bits per heavy atom. The minimum Gasteiger partial charge on any atom is -0.463 e. The van der Waals surface area contributed by atoms with Gasteiger partial charge in [0.25, 0.3) is 0 Å². The zero-order chi connectivity index (χ0) is 12.0. The van der Waals surface area contributed by atoms with Crippen LogP contribution in [0.3, 0.4) is 0 Å². The van der Waals surface area contributed by atoms with Gasteiger partial charge in [-0.05, 0) is 33.9 Å². The fourth-order valence-electron chi connectivity index (χ4n) is 1.51. The lowest BCUT2D eigenvalue weighted by atomic mass is 10.0. The number of carbonyl (C=O) groups is 1. The van der Waals surface area contributed by atoms with Gasteiger partial charge in [-0.1, -0.05) is 19.9 Å². The van der Waals surface area contributed by atoms with Crippen LogP contribution in [0, 0.1) is 5.92 Å². The van der Waals surface area contributed by atoms with Crippen LogP contribution in [0.1, 0.15) is 27.7 Å². The predicted octanol–water partition coefficient (Wildman–Crippen LogP) is 2.08. The van der Waals surface area contributed by atoms with Crippen LogP contribution in [0.4, 0.5) is 0 Å². The Bertz CT molecular complexity index is 224. The summed E-state index contributed by atoms with van der Waals surface area (Å²) < 4.78 is 4.94. The fourth-order valence-corrected chi connectivity index (χ4v) is 1.51. The van der Waals surface area contributed by atoms with Gasteiger partial charge in [-0.15, -0.1) is 0 Å². The van der Waals surface area contributed by atoms with Crippen molar-refractivity contribution in [2.24, 2.45) is 5.92 Å². The molecule has 0 saturated carbocycles. The van der Waals surface area contributed by atoms with Crippen LogP contribution in [0.25, 0.3) is 0 Å². The van der Waals surface area contributed by atoms with Crippen LogP contribution in [-0.2, 0) is 9.53 Å². The van der Waals surface area contributed by atoms with E-state index in [0.717, 1.165) is 0 Å². The highest BCUT2D eigenvalue weighted by molar-refractivity contribution is 5.87. The summed E-state index contributed by atoms with van der Waals surface area (Å²) in [7, 11) is 4.03. The molecule has 0 aliphatic heterocycles. The first-order chi connectivity index (χ1) is 6.90. The SMILES string of the molecule is CCOC(=O)/C(C)=C/C(C(C)C)N(C)C. The van der Waals surface area contributed by atoms with E-state index in [1.807, 2.05) is 27.1 Å². The van der Waals surface area contributed by atoms with Crippen molar-refractivity contribution in [3.8, 4) is 0 Å². The van der Waals surface area contributed by atoms with Crippen LogP contribution < -0.4 is 0 Å². The van der Waals surface area contributed by atoms with Crippen molar-refractivity contribution in [3.63, 3.8) is 0 Å². The van der Waals surface area contributed by atoms with Crippen LogP contribution in [0.2, 0.25) is 0 Å². The van der Waals surface area contributed by atoms with Crippen molar-refractivity contribution < 1.29 is 9.53 Å². The van der Waals surface area contributed by atoms with Crippen molar-refractivity contribution in [2.75, 3.05) is 20.7 Å². The third-order valence-corrected chi connectivity index (χ3v) is 2.30. The van der Waals surface area contributed by atoms with E-state index in [0.29, 0.717) is 18.1 Å². The third kappa shape index (κ3) is 4.98. The molecule has 0 N–H and O–H groups in total. The molecular formula is C12H23NO2. The minimum atomic E-state index is -0.218. The van der Waals surface area contributed by atoms with Gasteiger partial charge in [-0.2, -0.15) is 0 Å². The second-order valence-corrected chi connectivity index (χ2v) is 4.27. The molecule has 0 radical (unpaired) electrons. The Morgan fingerprint density at radius 3 is 2.27 bits per heavy atom. The number of likely N-dealkylation sites (N-methyl/N-ethyl adjacent to an activating group) is 1. The second-order valence-electron chi connectivity index (χ2n) is 4.27. The van der Waals surface area contributed by atoms with Crippen LogP contribution in [0.5, 0.6) is 0 Å². The molecule has 1 atom stereocenters. The van der Waals surface area contributed by atoms with Crippen LogP contribution in [0.15, 0.2) is 11.6 Å². The van der Waals surface area contributed by atoms with Gasteiger partial charge >= 0.3 is 5.97 Å². The van der Waals surface area contributed by atoms with E-state index in [-0.39, 0.29) is 12.0 Å². The van der Waals surface area contributed by atoms with Crippen molar-refractivity contribution in [1.82, 2.24) is 4.90 Å². The average molecular weight is 213 g/mol. The van der Waals surface area contributed by atoms with E-state index >= 15 is 0 Å². The number of hydrogen-bond donors (Lipinski definition) is 0. The second kappa shape index (κ2) is 6.62. The van der Waals surface area contributed by atoms with Crippen molar-refractivity contribution in [1.29, 1.82) is 0 Å². The molecular weight excluding hydrogens is 190 g/mol. The maximum Gasteiger partial charge on any atom is 0.333 e. The monoisotopic (exact) mass is 213 g/mol. The Hall–Kier alpha value is -0.830. The number of nitrogens with zero attached hydrogens (tertiary/aromatic N) is 1. The van der Waals surface area contributed by atoms with Gasteiger partial charge in [0.15, 0.2) is 0 Å². The number of esters is 1. The highest BCUT2D eigenvalue weighted by Crippen LogP contribution is 2.12. The molecule has 0 aliphatic carbocycles. The molecule has 0 aliphatic rings. The quantitative estimate of drug-likeness (QED) is 0.517. The molecule has 88 valence electrons. The first-order valence-electron chi connectivity index (χ1n) is 5.42. The van der Waals surface area contributed by atoms with Gasteiger partial charge < -0.3 is 9.64 Å². The summed E-state index contributed by atoms with van der Waals surface area (Å²) in [5, 5.41) is 0. The normalized spacial score (nSPS) is 14.5. The van der Waals surface area contributed by atoms with Gasteiger partial charge in [0.1, 0.15) is 0 Å². The molecule has 0 rings (SSSR count). The lowest BCUT2D eigenvalue weighted by Gasteiger charge is -2.25. The van der Waals surface area contributed by atoms with Crippen LogP contribution >= 0.6 is 0 Å². The molecule has 3 heteroatoms. The number of carbonyl (C=O) groups excluding carboxylic acids is 1. The number of ether oxygens (including phenoxy) is 1. The first kappa shape index (κ1) is 14.2. The van der Waals surface area contributed by atoms with E-state index in [2.05, 4.69) is 18.7 Å². The van der Waals surface area contributed by atoms with E-state index < -0.39 is 0 Å². The molecule has 15 heavy (non-hydrogen) atoms. The van der Waals surface area contributed by atoms with Gasteiger partial charge in [-0.25, -0.2) is 4.79 Å². The summed E-state index contributed by atoms with van der Waals surface area (Å²) in [6.07, 6.45) is 1.97. The average Bonchev–Trinajstić information content (AvgIpc) is 2.12. The van der Waals surface area contributed by atoms with Crippen molar-refractivity contribution >= 4 is 5.97 Å². The van der Waals surface area contributed by atoms with Crippen molar-refractivity contribution in [3.05, 3.63) is 11.6 Å². The largest absolute Gasteiger partial charge is 0.463 e. The molecule has 0 bridgehead atoms. The molecule has 0 aromatic carbocycles. The van der Waals surface area contributed by atoms with E-state index in [1.54, 1.807) is 6.92 Å². The summed E-state index contributed by atoms with van der Waals surface area (Å²) in [6.45, 7) is 8.32. The lowest BCUT2D eigenvalue weighted by molar-refractivity contribution is -0.138. The van der Waals surface area contributed by atoms with Gasteiger partial charge in [0.2, 0.25) is 0 Å². The fraction of sp³-hybridized carbons (Fsp3) is 0.750. The zero-order valence-corrected chi connectivity index (χ0v) is 10.7.